The molecule has 4 rings (SSSR count). The Morgan fingerprint density at radius 1 is 1.07 bits per heavy atom. The second kappa shape index (κ2) is 19.9. The minimum atomic E-state index is -4.52. The molecule has 0 saturated carbocycles. The van der Waals surface area contributed by atoms with E-state index in [1.807, 2.05) is 20.8 Å². The predicted octanol–water partition coefficient (Wildman–Crippen LogP) is 5.10. The van der Waals surface area contributed by atoms with Gasteiger partial charge in [0, 0.05) is 43.8 Å². The second-order valence-electron chi connectivity index (χ2n) is 15.1. The van der Waals surface area contributed by atoms with Crippen LogP contribution >= 0.6 is 11.3 Å². The lowest BCUT2D eigenvalue weighted by atomic mass is 9.92. The molecule has 13 nitrogen and oxygen atoms in total. The van der Waals surface area contributed by atoms with Crippen molar-refractivity contribution < 1.29 is 51.7 Å². The molecule has 2 saturated heterocycles. The molecule has 1 aromatic carbocycles. The van der Waals surface area contributed by atoms with E-state index in [0.29, 0.717) is 30.2 Å². The van der Waals surface area contributed by atoms with Crippen molar-refractivity contribution in [2.75, 3.05) is 33.4 Å². The number of rotatable bonds is 18. The van der Waals surface area contributed by atoms with Crippen molar-refractivity contribution in [1.29, 1.82) is 0 Å². The summed E-state index contributed by atoms with van der Waals surface area (Å²) in [6, 6.07) is 2.06. The first-order valence-corrected chi connectivity index (χ1v) is 20.0. The number of likely N-dealkylation sites (N-methyl/N-ethyl adjacent to an activating group) is 2. The summed E-state index contributed by atoms with van der Waals surface area (Å²) < 4.78 is 50.5. The zero-order chi connectivity index (χ0) is 41.3. The first kappa shape index (κ1) is 44.6. The number of thiazole rings is 1. The molecule has 3 amide bonds. The number of amides is 3. The summed E-state index contributed by atoms with van der Waals surface area (Å²) in [6.45, 7) is 10.8. The number of piperidine rings is 1. The van der Waals surface area contributed by atoms with Gasteiger partial charge in [-0.25, -0.2) is 4.98 Å². The van der Waals surface area contributed by atoms with Gasteiger partial charge < -0.3 is 30.1 Å². The smallest absolute Gasteiger partial charge is 0.416 e. The molecule has 6 atom stereocenters. The van der Waals surface area contributed by atoms with Gasteiger partial charge in [-0.2, -0.15) is 13.2 Å². The van der Waals surface area contributed by atoms with Crippen LogP contribution < -0.4 is 10.6 Å². The molecule has 2 aromatic rings. The van der Waals surface area contributed by atoms with Gasteiger partial charge in [-0.3, -0.25) is 28.9 Å². The number of ether oxygens (including phenoxy) is 2. The summed E-state index contributed by atoms with van der Waals surface area (Å²) in [5.41, 5.74) is -0.382. The number of aromatic nitrogens is 1. The molecular formula is C39H54F3N5O8S. The number of hydrogen-bond acceptors (Lipinski definition) is 10. The van der Waals surface area contributed by atoms with Crippen molar-refractivity contribution in [2.45, 2.75) is 110 Å². The average molecular weight is 810 g/mol. The third-order valence-corrected chi connectivity index (χ3v) is 11.5. The van der Waals surface area contributed by atoms with Gasteiger partial charge in [-0.1, -0.05) is 46.2 Å². The number of esters is 1. The molecule has 310 valence electrons. The fourth-order valence-electron chi connectivity index (χ4n) is 7.26. The third kappa shape index (κ3) is 12.0. The monoisotopic (exact) mass is 809 g/mol. The van der Waals surface area contributed by atoms with E-state index in [-0.39, 0.29) is 54.6 Å². The molecule has 2 aliphatic rings. The number of carbonyl (C=O) groups is 5. The lowest BCUT2D eigenvalue weighted by molar-refractivity contribution is -0.151. The normalized spacial score (nSPS) is 19.2. The molecule has 2 aliphatic heterocycles. The van der Waals surface area contributed by atoms with Crippen LogP contribution in [-0.4, -0.2) is 107 Å². The number of nitrogens with one attached hydrogen (secondary N) is 2. The zero-order valence-electron chi connectivity index (χ0n) is 32.8. The maximum atomic E-state index is 14.2. The molecule has 1 aromatic heterocycles. The zero-order valence-corrected chi connectivity index (χ0v) is 33.6. The van der Waals surface area contributed by atoms with Gasteiger partial charge in [0.25, 0.3) is 5.91 Å². The van der Waals surface area contributed by atoms with Gasteiger partial charge in [-0.15, -0.1) is 11.3 Å². The molecule has 0 aliphatic carbocycles. The minimum Gasteiger partial charge on any atom is -0.481 e. The van der Waals surface area contributed by atoms with Crippen LogP contribution in [0.5, 0.6) is 0 Å². The number of aliphatic carboxylic acids is 1. The number of likely N-dealkylation sites (tertiary alicyclic amines) is 1. The van der Waals surface area contributed by atoms with Gasteiger partial charge in [0.1, 0.15) is 16.7 Å². The van der Waals surface area contributed by atoms with Crippen LogP contribution in [0.15, 0.2) is 29.6 Å². The summed E-state index contributed by atoms with van der Waals surface area (Å²) >= 11 is 1.07. The van der Waals surface area contributed by atoms with Crippen LogP contribution in [0.3, 0.4) is 0 Å². The summed E-state index contributed by atoms with van der Waals surface area (Å²) in [5, 5.41) is 17.1. The van der Waals surface area contributed by atoms with Crippen molar-refractivity contribution in [3.8, 4) is 0 Å². The van der Waals surface area contributed by atoms with Crippen molar-refractivity contribution in [3.05, 3.63) is 51.5 Å². The Kier molecular flexibility index (Phi) is 15.8. The van der Waals surface area contributed by atoms with E-state index in [1.54, 1.807) is 11.9 Å². The van der Waals surface area contributed by atoms with Gasteiger partial charge in [0.15, 0.2) is 6.10 Å². The first-order valence-electron chi connectivity index (χ1n) is 19.1. The number of carboxylic acids is 1. The molecule has 3 N–H and O–H groups in total. The lowest BCUT2D eigenvalue weighted by Gasteiger charge is -2.41. The van der Waals surface area contributed by atoms with Crippen LogP contribution in [0.25, 0.3) is 0 Å². The Bertz CT molecular complexity index is 1670. The third-order valence-electron chi connectivity index (χ3n) is 10.6. The summed E-state index contributed by atoms with van der Waals surface area (Å²) in [7, 11) is 1.66. The van der Waals surface area contributed by atoms with Gasteiger partial charge in [-0.05, 0) is 62.4 Å². The number of benzene rings is 1. The largest absolute Gasteiger partial charge is 0.481 e. The van der Waals surface area contributed by atoms with Crippen molar-refractivity contribution >= 4 is 41.0 Å². The molecule has 0 unspecified atom stereocenters. The van der Waals surface area contributed by atoms with Crippen LogP contribution in [-0.2, 0) is 41.2 Å². The molecule has 0 radical (unpaired) electrons. The van der Waals surface area contributed by atoms with Crippen molar-refractivity contribution in [3.63, 3.8) is 0 Å². The number of hydrogen-bond donors (Lipinski definition) is 3. The Labute approximate surface area is 329 Å². The Hall–Kier alpha value is -4.09. The van der Waals surface area contributed by atoms with E-state index in [1.165, 1.54) is 31.4 Å². The quantitative estimate of drug-likeness (QED) is 0.173. The predicted molar refractivity (Wildman–Crippen MR) is 202 cm³/mol. The summed E-state index contributed by atoms with van der Waals surface area (Å²) in [5.74, 6) is -4.02. The number of carbonyl (C=O) groups excluding carboxylic acids is 4. The molecule has 2 fully saturated rings. The molecular weight excluding hydrogens is 756 g/mol. The summed E-state index contributed by atoms with van der Waals surface area (Å²) in [6.07, 6.45) is -2.61. The van der Waals surface area contributed by atoms with Crippen LogP contribution in [0.1, 0.15) is 99.4 Å². The highest BCUT2D eigenvalue weighted by Gasteiger charge is 2.41. The minimum absolute atomic E-state index is 0.00244. The fourth-order valence-corrected chi connectivity index (χ4v) is 8.10. The second-order valence-corrected chi connectivity index (χ2v) is 16.0. The number of carboxylic acid groups (broad SMARTS) is 1. The highest BCUT2D eigenvalue weighted by atomic mass is 32.1. The number of alkyl halides is 3. The topological polar surface area (TPSA) is 167 Å². The van der Waals surface area contributed by atoms with Crippen LogP contribution in [0, 0.1) is 17.8 Å². The van der Waals surface area contributed by atoms with E-state index in [0.717, 1.165) is 49.4 Å². The molecule has 17 heteroatoms. The van der Waals surface area contributed by atoms with E-state index in [4.69, 9.17) is 9.47 Å². The SMILES string of the molecule is CCN1CCCC[C@@H]1C(=O)N[C@H](C(=O)N(C)[C@H](C[C@@H](OC(C)=O)c1nc(C(=O)N[C@@H](Cc2ccc(C(F)(F)F)cc2)C[C@H](C)C(=O)O)cs1)C(C)C)C1COC1. The number of nitrogens with zero attached hydrogens (tertiary/aromatic N) is 3. The first-order chi connectivity index (χ1) is 26.4. The fraction of sp³-hybridized carbons (Fsp3) is 0.641. The average Bonchev–Trinajstić information content (AvgIpc) is 3.62. The molecule has 0 spiro atoms. The Balaban J connectivity index is 1.51. The van der Waals surface area contributed by atoms with Crippen LogP contribution in [0.4, 0.5) is 13.2 Å². The van der Waals surface area contributed by atoms with Crippen LogP contribution in [0.2, 0.25) is 0 Å². The standard InChI is InChI=1S/C39H54F3N5O8S/c1-7-47-15-9-8-10-30(47)35(50)45-33(26-19-54-20-26)37(51)46(6)31(22(2)3)18-32(55-24(5)48)36-44-29(21-56-36)34(49)43-28(16-23(4)38(52)53)17-25-11-13-27(14-12-25)39(40,41)42/h11-14,21-23,26,28,30-33H,7-10,15-20H2,1-6H3,(H,43,49)(H,45,50)(H,52,53)/t23-,28+,30+,31+,32+,33-/m0/s1. The Morgan fingerprint density at radius 2 is 1.75 bits per heavy atom. The van der Waals surface area contributed by atoms with E-state index in [9.17, 15) is 42.3 Å². The van der Waals surface area contributed by atoms with Gasteiger partial charge in [0.05, 0.1) is 30.7 Å². The molecule has 0 bridgehead atoms. The van der Waals surface area contributed by atoms with E-state index < -0.39 is 59.7 Å². The lowest BCUT2D eigenvalue weighted by Crippen LogP contribution is -2.61. The van der Waals surface area contributed by atoms with E-state index in [2.05, 4.69) is 20.5 Å². The maximum absolute atomic E-state index is 14.2. The highest BCUT2D eigenvalue weighted by Crippen LogP contribution is 2.32. The van der Waals surface area contributed by atoms with Crippen molar-refractivity contribution in [1.82, 2.24) is 25.4 Å². The number of halogens is 3. The summed E-state index contributed by atoms with van der Waals surface area (Å²) in [4.78, 5) is 73.5. The van der Waals surface area contributed by atoms with Gasteiger partial charge >= 0.3 is 18.1 Å². The van der Waals surface area contributed by atoms with Gasteiger partial charge in [0.2, 0.25) is 11.8 Å². The molecule has 3 heterocycles. The maximum Gasteiger partial charge on any atom is 0.416 e. The van der Waals surface area contributed by atoms with Crippen molar-refractivity contribution in [2.24, 2.45) is 17.8 Å². The molecule has 56 heavy (non-hydrogen) atoms. The Morgan fingerprint density at radius 3 is 2.30 bits per heavy atom. The highest BCUT2D eigenvalue weighted by molar-refractivity contribution is 7.09. The van der Waals surface area contributed by atoms with E-state index >= 15 is 0 Å².